The summed E-state index contributed by atoms with van der Waals surface area (Å²) < 4.78 is 6.23. The number of nitrogen functional groups attached to an aromatic ring is 1. The SMILES string of the molecule is COc1ncccc1-c1cc(C(C)(C)C)cc(Br)c1N. The average molecular weight is 335 g/mol. The van der Waals surface area contributed by atoms with Gasteiger partial charge < -0.3 is 10.5 Å². The predicted octanol–water partition coefficient (Wildman–Crippen LogP) is 4.40. The van der Waals surface area contributed by atoms with E-state index in [1.165, 1.54) is 5.56 Å². The molecule has 0 fully saturated rings. The van der Waals surface area contributed by atoms with E-state index in [4.69, 9.17) is 10.5 Å². The van der Waals surface area contributed by atoms with Gasteiger partial charge in [-0.15, -0.1) is 0 Å². The molecule has 0 saturated heterocycles. The summed E-state index contributed by atoms with van der Waals surface area (Å²) in [5.41, 5.74) is 10.0. The maximum Gasteiger partial charge on any atom is 0.221 e. The van der Waals surface area contributed by atoms with Crippen LogP contribution in [0.3, 0.4) is 0 Å². The van der Waals surface area contributed by atoms with Crippen LogP contribution in [0.5, 0.6) is 5.88 Å². The summed E-state index contributed by atoms with van der Waals surface area (Å²) in [6.45, 7) is 6.53. The lowest BCUT2D eigenvalue weighted by Crippen LogP contribution is -2.12. The van der Waals surface area contributed by atoms with E-state index in [1.54, 1.807) is 13.3 Å². The van der Waals surface area contributed by atoms with Gasteiger partial charge in [-0.3, -0.25) is 0 Å². The summed E-state index contributed by atoms with van der Waals surface area (Å²) in [6, 6.07) is 8.03. The molecule has 3 nitrogen and oxygen atoms in total. The van der Waals surface area contributed by atoms with Crippen molar-refractivity contribution in [2.45, 2.75) is 26.2 Å². The van der Waals surface area contributed by atoms with Crippen molar-refractivity contribution in [2.75, 3.05) is 12.8 Å². The zero-order valence-electron chi connectivity index (χ0n) is 12.2. The normalized spacial score (nSPS) is 11.4. The number of methoxy groups -OCH3 is 1. The second-order valence-corrected chi connectivity index (χ2v) is 6.58. The highest BCUT2D eigenvalue weighted by molar-refractivity contribution is 9.10. The molecule has 0 saturated carbocycles. The number of nitrogens with zero attached hydrogens (tertiary/aromatic N) is 1. The minimum Gasteiger partial charge on any atom is -0.481 e. The fraction of sp³-hybridized carbons (Fsp3) is 0.312. The Labute approximate surface area is 128 Å². The number of benzene rings is 1. The zero-order valence-corrected chi connectivity index (χ0v) is 13.8. The molecule has 0 radical (unpaired) electrons. The fourth-order valence-corrected chi connectivity index (χ4v) is 2.49. The van der Waals surface area contributed by atoms with E-state index in [0.717, 1.165) is 15.6 Å². The van der Waals surface area contributed by atoms with Crippen molar-refractivity contribution in [3.8, 4) is 17.0 Å². The molecular formula is C16H19BrN2O. The van der Waals surface area contributed by atoms with Crippen LogP contribution >= 0.6 is 15.9 Å². The van der Waals surface area contributed by atoms with E-state index < -0.39 is 0 Å². The van der Waals surface area contributed by atoms with Crippen LogP contribution in [0, 0.1) is 0 Å². The lowest BCUT2D eigenvalue weighted by Gasteiger charge is -2.22. The quantitative estimate of drug-likeness (QED) is 0.828. The van der Waals surface area contributed by atoms with Gasteiger partial charge in [0.05, 0.1) is 12.8 Å². The van der Waals surface area contributed by atoms with Gasteiger partial charge in [-0.05, 0) is 51.2 Å². The van der Waals surface area contributed by atoms with Gasteiger partial charge in [0.1, 0.15) is 0 Å². The predicted molar refractivity (Wildman–Crippen MR) is 87.0 cm³/mol. The summed E-state index contributed by atoms with van der Waals surface area (Å²) in [4.78, 5) is 4.24. The Balaban J connectivity index is 2.70. The van der Waals surface area contributed by atoms with Gasteiger partial charge >= 0.3 is 0 Å². The summed E-state index contributed by atoms with van der Waals surface area (Å²) in [6.07, 6.45) is 1.71. The highest BCUT2D eigenvalue weighted by atomic mass is 79.9. The smallest absolute Gasteiger partial charge is 0.221 e. The van der Waals surface area contributed by atoms with Crippen LogP contribution in [0.2, 0.25) is 0 Å². The van der Waals surface area contributed by atoms with Crippen molar-refractivity contribution in [1.82, 2.24) is 4.98 Å². The first-order valence-electron chi connectivity index (χ1n) is 6.43. The van der Waals surface area contributed by atoms with Crippen LogP contribution in [0.1, 0.15) is 26.3 Å². The number of nitrogens with two attached hydrogens (primary N) is 1. The minimum atomic E-state index is 0.0421. The number of halogens is 1. The summed E-state index contributed by atoms with van der Waals surface area (Å²) in [7, 11) is 1.62. The van der Waals surface area contributed by atoms with Gasteiger partial charge in [0.15, 0.2) is 0 Å². The van der Waals surface area contributed by atoms with E-state index in [2.05, 4.69) is 53.8 Å². The fourth-order valence-electron chi connectivity index (χ4n) is 2.03. The van der Waals surface area contributed by atoms with Gasteiger partial charge in [-0.25, -0.2) is 4.98 Å². The highest BCUT2D eigenvalue weighted by Gasteiger charge is 2.19. The average Bonchev–Trinajstić information content (AvgIpc) is 2.40. The Morgan fingerprint density at radius 1 is 1.20 bits per heavy atom. The zero-order chi connectivity index (χ0) is 14.9. The van der Waals surface area contributed by atoms with Gasteiger partial charge in [0, 0.05) is 21.8 Å². The molecule has 0 spiro atoms. The number of ether oxygens (including phenoxy) is 1. The molecule has 0 atom stereocenters. The van der Waals surface area contributed by atoms with Crippen molar-refractivity contribution in [2.24, 2.45) is 0 Å². The molecule has 0 aliphatic carbocycles. The molecule has 20 heavy (non-hydrogen) atoms. The molecule has 1 aromatic carbocycles. The number of aromatic nitrogens is 1. The second-order valence-electron chi connectivity index (χ2n) is 5.73. The van der Waals surface area contributed by atoms with Gasteiger partial charge in [-0.2, -0.15) is 0 Å². The van der Waals surface area contributed by atoms with Crippen molar-refractivity contribution in [3.63, 3.8) is 0 Å². The maximum absolute atomic E-state index is 6.22. The van der Waals surface area contributed by atoms with Crippen LogP contribution in [-0.4, -0.2) is 12.1 Å². The molecule has 0 aliphatic heterocycles. The highest BCUT2D eigenvalue weighted by Crippen LogP contribution is 2.39. The second kappa shape index (κ2) is 5.44. The molecule has 0 aliphatic rings. The third-order valence-corrected chi connectivity index (χ3v) is 3.91. The molecule has 0 unspecified atom stereocenters. The summed E-state index contributed by atoms with van der Waals surface area (Å²) in [5.74, 6) is 0.581. The summed E-state index contributed by atoms with van der Waals surface area (Å²) in [5, 5.41) is 0. The van der Waals surface area contributed by atoms with E-state index in [1.807, 2.05) is 12.1 Å². The largest absolute Gasteiger partial charge is 0.481 e. The Morgan fingerprint density at radius 3 is 2.50 bits per heavy atom. The Kier molecular flexibility index (Phi) is 4.04. The molecule has 0 amide bonds. The first kappa shape index (κ1) is 14.9. The van der Waals surface area contributed by atoms with E-state index >= 15 is 0 Å². The monoisotopic (exact) mass is 334 g/mol. The van der Waals surface area contributed by atoms with Crippen LogP contribution in [0.15, 0.2) is 34.9 Å². The van der Waals surface area contributed by atoms with E-state index in [-0.39, 0.29) is 5.41 Å². The van der Waals surface area contributed by atoms with Crippen LogP contribution < -0.4 is 10.5 Å². The Bertz CT molecular complexity index is 633. The molecular weight excluding hydrogens is 316 g/mol. The van der Waals surface area contributed by atoms with Crippen molar-refractivity contribution in [3.05, 3.63) is 40.5 Å². The van der Waals surface area contributed by atoms with E-state index in [0.29, 0.717) is 11.6 Å². The molecule has 2 N–H and O–H groups in total. The lowest BCUT2D eigenvalue weighted by molar-refractivity contribution is 0.399. The maximum atomic E-state index is 6.22. The first-order chi connectivity index (χ1) is 9.34. The van der Waals surface area contributed by atoms with Gasteiger partial charge in [0.25, 0.3) is 0 Å². The van der Waals surface area contributed by atoms with E-state index in [9.17, 15) is 0 Å². The standard InChI is InChI=1S/C16H19BrN2O/c1-16(2,3)10-8-12(14(18)13(17)9-10)11-6-5-7-19-15(11)20-4/h5-9H,18H2,1-4H3. The van der Waals surface area contributed by atoms with Crippen molar-refractivity contribution >= 4 is 21.6 Å². The number of rotatable bonds is 2. The van der Waals surface area contributed by atoms with Crippen molar-refractivity contribution < 1.29 is 4.74 Å². The number of pyridine rings is 1. The van der Waals surface area contributed by atoms with Crippen LogP contribution in [0.4, 0.5) is 5.69 Å². The molecule has 4 heteroatoms. The van der Waals surface area contributed by atoms with Crippen molar-refractivity contribution in [1.29, 1.82) is 0 Å². The van der Waals surface area contributed by atoms with Gasteiger partial charge in [-0.1, -0.05) is 20.8 Å². The molecule has 2 rings (SSSR count). The molecule has 1 heterocycles. The Hall–Kier alpha value is -1.55. The lowest BCUT2D eigenvalue weighted by atomic mass is 9.85. The number of hydrogen-bond donors (Lipinski definition) is 1. The summed E-state index contributed by atoms with van der Waals surface area (Å²) >= 11 is 3.55. The minimum absolute atomic E-state index is 0.0421. The van der Waals surface area contributed by atoms with Crippen LogP contribution in [0.25, 0.3) is 11.1 Å². The third-order valence-electron chi connectivity index (χ3n) is 3.25. The molecule has 0 bridgehead atoms. The topological polar surface area (TPSA) is 48.1 Å². The molecule has 2 aromatic rings. The van der Waals surface area contributed by atoms with Gasteiger partial charge in [0.2, 0.25) is 5.88 Å². The molecule has 106 valence electrons. The number of anilines is 1. The third kappa shape index (κ3) is 2.80. The van der Waals surface area contributed by atoms with Crippen LogP contribution in [-0.2, 0) is 5.41 Å². The molecule has 1 aromatic heterocycles. The first-order valence-corrected chi connectivity index (χ1v) is 7.22. The number of hydrogen-bond acceptors (Lipinski definition) is 3. The Morgan fingerprint density at radius 2 is 1.90 bits per heavy atom.